The van der Waals surface area contributed by atoms with Crippen molar-refractivity contribution in [3.05, 3.63) is 77.3 Å². The number of ether oxygens (including phenoxy) is 1. The van der Waals surface area contributed by atoms with Crippen LogP contribution in [0.3, 0.4) is 0 Å². The lowest BCUT2D eigenvalue weighted by Crippen LogP contribution is -2.08. The van der Waals surface area contributed by atoms with E-state index in [-0.39, 0.29) is 19.0 Å². The lowest BCUT2D eigenvalue weighted by Gasteiger charge is -2.06. The van der Waals surface area contributed by atoms with Crippen LogP contribution in [-0.4, -0.2) is 11.1 Å². The maximum atomic E-state index is 12.2. The van der Waals surface area contributed by atoms with Gasteiger partial charge in [0.1, 0.15) is 12.3 Å². The summed E-state index contributed by atoms with van der Waals surface area (Å²) >= 11 is 1.58. The van der Waals surface area contributed by atoms with E-state index < -0.39 is 0 Å². The van der Waals surface area contributed by atoms with E-state index in [0.717, 1.165) is 21.2 Å². The Morgan fingerprint density at radius 1 is 1.08 bits per heavy atom. The van der Waals surface area contributed by atoms with E-state index in [1.165, 1.54) is 0 Å². The summed E-state index contributed by atoms with van der Waals surface area (Å²) in [6.07, 6.45) is 0.233. The average Bonchev–Trinajstić information content (AvgIpc) is 3.32. The quantitative estimate of drug-likeness (QED) is 0.484. The van der Waals surface area contributed by atoms with Crippen molar-refractivity contribution < 1.29 is 14.1 Å². The molecule has 0 radical (unpaired) electrons. The number of rotatable bonds is 5. The monoisotopic (exact) mass is 349 g/mol. The van der Waals surface area contributed by atoms with E-state index in [4.69, 9.17) is 9.26 Å². The van der Waals surface area contributed by atoms with Crippen molar-refractivity contribution in [3.8, 4) is 10.6 Å². The third kappa shape index (κ3) is 3.46. The molecule has 0 bridgehead atoms. The Hall–Kier alpha value is -2.92. The number of aromatic nitrogens is 1. The number of benzene rings is 2. The second-order valence-electron chi connectivity index (χ2n) is 5.64. The molecule has 2 aromatic heterocycles. The van der Waals surface area contributed by atoms with Gasteiger partial charge in [-0.1, -0.05) is 53.7 Å². The summed E-state index contributed by atoms with van der Waals surface area (Å²) < 4.78 is 10.6. The van der Waals surface area contributed by atoms with Crippen LogP contribution in [0.4, 0.5) is 0 Å². The Labute approximate surface area is 148 Å². The number of nitrogens with zero attached hydrogens (tertiary/aromatic N) is 1. The van der Waals surface area contributed by atoms with E-state index in [2.05, 4.69) is 5.16 Å². The van der Waals surface area contributed by atoms with E-state index in [0.29, 0.717) is 11.5 Å². The number of hydrogen-bond donors (Lipinski definition) is 0. The van der Waals surface area contributed by atoms with Gasteiger partial charge in [0.05, 0.1) is 11.3 Å². The second kappa shape index (κ2) is 6.91. The van der Waals surface area contributed by atoms with Crippen LogP contribution < -0.4 is 0 Å². The first-order valence-corrected chi connectivity index (χ1v) is 8.79. The molecule has 0 N–H and O–H groups in total. The van der Waals surface area contributed by atoms with Gasteiger partial charge in [-0.05, 0) is 27.8 Å². The Balaban J connectivity index is 1.41. The molecule has 0 unspecified atom stereocenters. The SMILES string of the molecule is O=C(Cc1cccc2ccccc12)OCc1cc(-c2cccs2)on1. The molecule has 0 fully saturated rings. The molecule has 25 heavy (non-hydrogen) atoms. The standard InChI is InChI=1S/C20H15NO3S/c22-20(11-15-7-3-6-14-5-1-2-8-17(14)15)23-13-16-12-18(24-21-16)19-9-4-10-25-19/h1-10,12H,11,13H2. The summed E-state index contributed by atoms with van der Waals surface area (Å²) in [5.74, 6) is 0.409. The predicted molar refractivity (Wildman–Crippen MR) is 97.3 cm³/mol. The van der Waals surface area contributed by atoms with Crippen molar-refractivity contribution in [1.29, 1.82) is 0 Å². The van der Waals surface area contributed by atoms with Crippen molar-refractivity contribution in [2.24, 2.45) is 0 Å². The molecule has 0 amide bonds. The van der Waals surface area contributed by atoms with Gasteiger partial charge in [0.2, 0.25) is 0 Å². The summed E-state index contributed by atoms with van der Waals surface area (Å²) in [7, 11) is 0. The van der Waals surface area contributed by atoms with Gasteiger partial charge in [0.25, 0.3) is 0 Å². The summed E-state index contributed by atoms with van der Waals surface area (Å²) in [4.78, 5) is 13.2. The van der Waals surface area contributed by atoms with Crippen LogP contribution in [0.2, 0.25) is 0 Å². The molecule has 0 aliphatic carbocycles. The fraction of sp³-hybridized carbons (Fsp3) is 0.100. The van der Waals surface area contributed by atoms with Gasteiger partial charge in [-0.2, -0.15) is 0 Å². The summed E-state index contributed by atoms with van der Waals surface area (Å²) in [5.41, 5.74) is 1.57. The molecule has 4 aromatic rings. The van der Waals surface area contributed by atoms with Crippen molar-refractivity contribution >= 4 is 28.1 Å². The number of esters is 1. The van der Waals surface area contributed by atoms with Crippen molar-refractivity contribution in [3.63, 3.8) is 0 Å². The van der Waals surface area contributed by atoms with Gasteiger partial charge in [0, 0.05) is 6.07 Å². The van der Waals surface area contributed by atoms with Crippen LogP contribution in [0.15, 0.2) is 70.6 Å². The molecule has 2 aromatic carbocycles. The first-order chi connectivity index (χ1) is 12.3. The second-order valence-corrected chi connectivity index (χ2v) is 6.58. The third-order valence-corrected chi connectivity index (χ3v) is 4.80. The highest BCUT2D eigenvalue weighted by atomic mass is 32.1. The van der Waals surface area contributed by atoms with Crippen LogP contribution in [0, 0.1) is 0 Å². The van der Waals surface area contributed by atoms with Crippen molar-refractivity contribution in [1.82, 2.24) is 5.16 Å². The molecule has 0 saturated carbocycles. The molecule has 0 aliphatic heterocycles. The van der Waals surface area contributed by atoms with Crippen LogP contribution in [0.25, 0.3) is 21.4 Å². The number of carbonyl (C=O) groups excluding carboxylic acids is 1. The number of fused-ring (bicyclic) bond motifs is 1. The highest BCUT2D eigenvalue weighted by Gasteiger charge is 2.11. The molecule has 4 rings (SSSR count). The molecular weight excluding hydrogens is 334 g/mol. The van der Waals surface area contributed by atoms with Crippen LogP contribution >= 0.6 is 11.3 Å². The molecule has 4 nitrogen and oxygen atoms in total. The molecule has 5 heteroatoms. The zero-order valence-electron chi connectivity index (χ0n) is 13.3. The fourth-order valence-electron chi connectivity index (χ4n) is 2.72. The number of thiophene rings is 1. The Morgan fingerprint density at radius 2 is 1.96 bits per heavy atom. The van der Waals surface area contributed by atoms with Crippen LogP contribution in [0.5, 0.6) is 0 Å². The zero-order valence-corrected chi connectivity index (χ0v) is 14.2. The van der Waals surface area contributed by atoms with Crippen molar-refractivity contribution in [2.45, 2.75) is 13.0 Å². The third-order valence-electron chi connectivity index (χ3n) is 3.92. The minimum Gasteiger partial charge on any atom is -0.459 e. The zero-order chi connectivity index (χ0) is 17.1. The molecule has 0 atom stereocenters. The number of carbonyl (C=O) groups is 1. The summed E-state index contributed by atoms with van der Waals surface area (Å²) in [6.45, 7) is 0.110. The summed E-state index contributed by atoms with van der Waals surface area (Å²) in [6, 6.07) is 19.7. The lowest BCUT2D eigenvalue weighted by molar-refractivity contribution is -0.144. The van der Waals surface area contributed by atoms with Gasteiger partial charge in [-0.25, -0.2) is 0 Å². The Morgan fingerprint density at radius 3 is 2.84 bits per heavy atom. The van der Waals surface area contributed by atoms with Gasteiger partial charge >= 0.3 is 5.97 Å². The number of hydrogen-bond acceptors (Lipinski definition) is 5. The van der Waals surface area contributed by atoms with E-state index >= 15 is 0 Å². The molecule has 124 valence electrons. The van der Waals surface area contributed by atoms with Gasteiger partial charge in [-0.3, -0.25) is 4.79 Å². The van der Waals surface area contributed by atoms with Gasteiger partial charge in [0.15, 0.2) is 5.76 Å². The Bertz CT molecular complexity index is 999. The maximum Gasteiger partial charge on any atom is 0.310 e. The maximum absolute atomic E-state index is 12.2. The fourth-order valence-corrected chi connectivity index (χ4v) is 3.40. The largest absolute Gasteiger partial charge is 0.459 e. The normalized spacial score (nSPS) is 10.9. The topological polar surface area (TPSA) is 52.3 Å². The minimum atomic E-state index is -0.281. The van der Waals surface area contributed by atoms with Gasteiger partial charge in [-0.15, -0.1) is 11.3 Å². The minimum absolute atomic E-state index is 0.110. The van der Waals surface area contributed by atoms with Crippen LogP contribution in [0.1, 0.15) is 11.3 Å². The molecular formula is C20H15NO3S. The highest BCUT2D eigenvalue weighted by Crippen LogP contribution is 2.25. The summed E-state index contributed by atoms with van der Waals surface area (Å²) in [5, 5.41) is 8.12. The lowest BCUT2D eigenvalue weighted by atomic mass is 10.0. The average molecular weight is 349 g/mol. The van der Waals surface area contributed by atoms with Crippen LogP contribution in [-0.2, 0) is 22.6 Å². The van der Waals surface area contributed by atoms with E-state index in [9.17, 15) is 4.79 Å². The van der Waals surface area contributed by atoms with E-state index in [1.807, 2.05) is 60.0 Å². The molecule has 2 heterocycles. The first-order valence-electron chi connectivity index (χ1n) is 7.91. The molecule has 0 spiro atoms. The van der Waals surface area contributed by atoms with E-state index in [1.54, 1.807) is 17.4 Å². The Kier molecular flexibility index (Phi) is 4.31. The first kappa shape index (κ1) is 15.6. The van der Waals surface area contributed by atoms with Gasteiger partial charge < -0.3 is 9.26 Å². The predicted octanol–water partition coefficient (Wildman–Crippen LogP) is 4.84. The smallest absolute Gasteiger partial charge is 0.310 e. The molecule has 0 saturated heterocycles. The van der Waals surface area contributed by atoms with Crippen molar-refractivity contribution in [2.75, 3.05) is 0 Å². The molecule has 0 aliphatic rings. The highest BCUT2D eigenvalue weighted by molar-refractivity contribution is 7.13.